The van der Waals surface area contributed by atoms with E-state index in [1.807, 2.05) is 12.1 Å². The summed E-state index contributed by atoms with van der Waals surface area (Å²) in [6.07, 6.45) is 5.41. The number of H-pyrrole nitrogens is 1. The van der Waals surface area contributed by atoms with Crippen LogP contribution >= 0.6 is 0 Å². The third-order valence-corrected chi connectivity index (χ3v) is 8.45. The minimum atomic E-state index is -0.952. The number of hydrogen-bond donors (Lipinski definition) is 2. The quantitative estimate of drug-likeness (QED) is 0.390. The third-order valence-electron chi connectivity index (χ3n) is 8.45. The molecule has 0 atom stereocenters. The van der Waals surface area contributed by atoms with Gasteiger partial charge in [0.2, 0.25) is 0 Å². The highest BCUT2D eigenvalue weighted by Crippen LogP contribution is 2.58. The monoisotopic (exact) mass is 502 g/mol. The molecule has 4 heteroatoms. The van der Waals surface area contributed by atoms with Crippen LogP contribution in [0.4, 0.5) is 0 Å². The fraction of sp³-hybridized carbons (Fsp3) is 0.310. The number of para-hydroxylation sites is 1. The second-order valence-corrected chi connectivity index (χ2v) is 10.0. The minimum Gasteiger partial charge on any atom is -1.00 e. The van der Waals surface area contributed by atoms with E-state index in [1.165, 1.54) is 16.5 Å². The first-order valence-electron chi connectivity index (χ1n) is 11.9. The molecule has 3 nitrogen and oxygen atoms in total. The smallest absolute Gasteiger partial charge is 0.126 e. The Balaban J connectivity index is 0.00000228. The lowest BCUT2D eigenvalue weighted by Gasteiger charge is -2.42. The van der Waals surface area contributed by atoms with Crippen molar-refractivity contribution in [1.29, 1.82) is 0 Å². The van der Waals surface area contributed by atoms with Crippen LogP contribution in [-0.4, -0.2) is 40.8 Å². The molecule has 6 rings (SSSR count). The van der Waals surface area contributed by atoms with Gasteiger partial charge < -0.3 is 31.6 Å². The van der Waals surface area contributed by atoms with Crippen molar-refractivity contribution in [2.45, 2.75) is 24.9 Å². The summed E-state index contributed by atoms with van der Waals surface area (Å²) in [5.41, 5.74) is 3.64. The number of quaternary nitrogens is 1. The van der Waals surface area contributed by atoms with Crippen LogP contribution in [0.5, 0.6) is 0 Å². The number of halogens is 1. The van der Waals surface area contributed by atoms with E-state index in [1.54, 1.807) is 0 Å². The van der Waals surface area contributed by atoms with Crippen molar-refractivity contribution >= 4 is 10.9 Å². The van der Waals surface area contributed by atoms with E-state index in [4.69, 9.17) is 0 Å². The Labute approximate surface area is 206 Å². The van der Waals surface area contributed by atoms with E-state index in [0.29, 0.717) is 0 Å². The van der Waals surface area contributed by atoms with E-state index >= 15 is 0 Å². The molecule has 2 N–H and O–H groups in total. The number of aliphatic hydroxyl groups is 1. The Morgan fingerprint density at radius 2 is 1.39 bits per heavy atom. The summed E-state index contributed by atoms with van der Waals surface area (Å²) in [5, 5.41) is 13.9. The Kier molecular flexibility index (Phi) is 5.72. The van der Waals surface area contributed by atoms with Crippen LogP contribution in [0.15, 0.2) is 91.1 Å². The molecule has 170 valence electrons. The van der Waals surface area contributed by atoms with E-state index in [2.05, 4.69) is 84.0 Å². The lowest BCUT2D eigenvalue weighted by Crippen LogP contribution is -3.00. The Morgan fingerprint density at radius 1 is 0.818 bits per heavy atom. The van der Waals surface area contributed by atoms with Crippen molar-refractivity contribution in [1.82, 2.24) is 4.98 Å². The van der Waals surface area contributed by atoms with Gasteiger partial charge in [0.15, 0.2) is 0 Å². The number of nitrogens with zero attached hydrogens (tertiary/aromatic N) is 1. The molecule has 2 saturated heterocycles. The van der Waals surface area contributed by atoms with Gasteiger partial charge in [-0.2, -0.15) is 0 Å². The molecule has 3 heterocycles. The van der Waals surface area contributed by atoms with Crippen molar-refractivity contribution in [3.63, 3.8) is 0 Å². The SMILES string of the molecule is OC(c1ccccc1)(c1ccccc1)C12CC[N+](CCc3c[nH]c4ccccc34)(CC1)C2.[Br-]. The van der Waals surface area contributed by atoms with Gasteiger partial charge in [0, 0.05) is 36.4 Å². The molecule has 1 aromatic heterocycles. The first-order chi connectivity index (χ1) is 15.6. The van der Waals surface area contributed by atoms with Gasteiger partial charge in [-0.3, -0.25) is 0 Å². The molecule has 0 unspecified atom stereocenters. The zero-order valence-corrected chi connectivity index (χ0v) is 20.5. The molecular formula is C29H31BrN2O. The van der Waals surface area contributed by atoms with Crippen molar-refractivity contribution < 1.29 is 26.6 Å². The number of rotatable bonds is 6. The molecule has 2 aliphatic heterocycles. The first kappa shape index (κ1) is 22.4. The van der Waals surface area contributed by atoms with Crippen LogP contribution in [0, 0.1) is 5.41 Å². The second kappa shape index (κ2) is 8.43. The van der Waals surface area contributed by atoms with Crippen LogP contribution in [0.3, 0.4) is 0 Å². The van der Waals surface area contributed by atoms with E-state index in [9.17, 15) is 5.11 Å². The summed E-state index contributed by atoms with van der Waals surface area (Å²) in [6, 6.07) is 29.4. The van der Waals surface area contributed by atoms with E-state index < -0.39 is 5.60 Å². The number of benzene rings is 3. The van der Waals surface area contributed by atoms with E-state index in [0.717, 1.165) is 61.1 Å². The summed E-state index contributed by atoms with van der Waals surface area (Å²) in [7, 11) is 0. The predicted octanol–water partition coefficient (Wildman–Crippen LogP) is 2.26. The lowest BCUT2D eigenvalue weighted by atomic mass is 9.63. The molecule has 4 aromatic rings. The van der Waals surface area contributed by atoms with Crippen molar-refractivity contribution in [2.75, 3.05) is 26.2 Å². The normalized spacial score (nSPS) is 24.2. The highest BCUT2D eigenvalue weighted by Gasteiger charge is 2.65. The van der Waals surface area contributed by atoms with Crippen LogP contribution in [-0.2, 0) is 12.0 Å². The second-order valence-electron chi connectivity index (χ2n) is 10.0. The summed E-state index contributed by atoms with van der Waals surface area (Å²) in [4.78, 5) is 3.43. The van der Waals surface area contributed by atoms with Crippen LogP contribution in [0.2, 0.25) is 0 Å². The number of fused-ring (bicyclic) bond motifs is 3. The van der Waals surface area contributed by atoms with Crippen molar-refractivity contribution in [2.24, 2.45) is 5.41 Å². The molecule has 2 bridgehead atoms. The molecule has 2 fully saturated rings. The van der Waals surface area contributed by atoms with Gasteiger partial charge in [0.25, 0.3) is 0 Å². The first-order valence-corrected chi connectivity index (χ1v) is 11.9. The van der Waals surface area contributed by atoms with Gasteiger partial charge in [-0.25, -0.2) is 0 Å². The largest absolute Gasteiger partial charge is 1.00 e. The molecular weight excluding hydrogens is 472 g/mol. The summed E-state index contributed by atoms with van der Waals surface area (Å²) < 4.78 is 1.13. The molecule has 0 amide bonds. The lowest BCUT2D eigenvalue weighted by molar-refractivity contribution is -0.909. The fourth-order valence-electron chi connectivity index (χ4n) is 6.71. The Bertz CT molecular complexity index is 1190. The Morgan fingerprint density at radius 3 is 2.03 bits per heavy atom. The maximum atomic E-state index is 12.5. The number of hydrogen-bond acceptors (Lipinski definition) is 1. The van der Waals surface area contributed by atoms with Gasteiger partial charge in [-0.05, 0) is 22.8 Å². The predicted molar refractivity (Wildman–Crippen MR) is 129 cm³/mol. The number of aromatic nitrogens is 1. The van der Waals surface area contributed by atoms with E-state index in [-0.39, 0.29) is 22.4 Å². The fourth-order valence-corrected chi connectivity index (χ4v) is 6.71. The van der Waals surface area contributed by atoms with Crippen LogP contribution in [0.1, 0.15) is 29.5 Å². The molecule has 2 aliphatic rings. The third kappa shape index (κ3) is 3.47. The van der Waals surface area contributed by atoms with Gasteiger partial charge in [0.05, 0.1) is 31.6 Å². The minimum absolute atomic E-state index is 0. The molecule has 3 aromatic carbocycles. The maximum absolute atomic E-state index is 12.5. The van der Waals surface area contributed by atoms with Gasteiger partial charge >= 0.3 is 0 Å². The average Bonchev–Trinajstić information content (AvgIpc) is 3.56. The maximum Gasteiger partial charge on any atom is 0.126 e. The zero-order valence-electron chi connectivity index (χ0n) is 18.9. The van der Waals surface area contributed by atoms with Gasteiger partial charge in [0.1, 0.15) is 5.60 Å². The summed E-state index contributed by atoms with van der Waals surface area (Å²) >= 11 is 0. The van der Waals surface area contributed by atoms with Crippen LogP contribution in [0.25, 0.3) is 10.9 Å². The van der Waals surface area contributed by atoms with Gasteiger partial charge in [-0.15, -0.1) is 0 Å². The zero-order chi connectivity index (χ0) is 21.7. The standard InChI is InChI=1S/C29H31N2O.BrH/c32-29(24-9-3-1-4-10-24,25-11-5-2-6-12-25)28-16-19-31(22-28,20-17-28)18-15-23-21-30-27-14-8-7-13-26(23)27;/h1-14,21,30,32H,15-20,22H2;1H/q+1;/p-1. The molecule has 0 aliphatic carbocycles. The number of nitrogens with one attached hydrogen (secondary N) is 1. The van der Waals surface area contributed by atoms with Crippen molar-refractivity contribution in [3.05, 3.63) is 108 Å². The van der Waals surface area contributed by atoms with Gasteiger partial charge in [-0.1, -0.05) is 78.9 Å². The summed E-state index contributed by atoms with van der Waals surface area (Å²) in [6.45, 7) is 4.51. The highest BCUT2D eigenvalue weighted by atomic mass is 79.9. The number of piperidine rings is 1. The topological polar surface area (TPSA) is 36.0 Å². The van der Waals surface area contributed by atoms with Crippen molar-refractivity contribution in [3.8, 4) is 0 Å². The summed E-state index contributed by atoms with van der Waals surface area (Å²) in [5.74, 6) is 0. The molecule has 0 spiro atoms. The average molecular weight is 503 g/mol. The highest BCUT2D eigenvalue weighted by molar-refractivity contribution is 5.83. The van der Waals surface area contributed by atoms with Crippen LogP contribution < -0.4 is 17.0 Å². The molecule has 33 heavy (non-hydrogen) atoms. The molecule has 0 radical (unpaired) electrons. The molecule has 0 saturated carbocycles. The number of aromatic amines is 1. The Hall–Kier alpha value is -2.40.